The molecule has 1 aliphatic rings. The number of hydrogen-bond acceptors (Lipinski definition) is 2. The smallest absolute Gasteiger partial charge is 0.234 e. The van der Waals surface area contributed by atoms with Crippen molar-refractivity contribution < 1.29 is 4.79 Å². The first-order valence-electron chi connectivity index (χ1n) is 7.12. The second kappa shape index (κ2) is 7.57. The van der Waals surface area contributed by atoms with E-state index >= 15 is 0 Å². The lowest BCUT2D eigenvalue weighted by Gasteiger charge is -2.22. The molecule has 0 aliphatic heterocycles. The summed E-state index contributed by atoms with van der Waals surface area (Å²) in [7, 11) is 0. The molecule has 2 unspecified atom stereocenters. The summed E-state index contributed by atoms with van der Waals surface area (Å²) in [6.45, 7) is 13.4. The number of amides is 1. The van der Waals surface area contributed by atoms with Crippen molar-refractivity contribution in [1.82, 2.24) is 10.2 Å². The molecule has 1 amide bonds. The van der Waals surface area contributed by atoms with Crippen LogP contribution in [-0.2, 0) is 4.79 Å². The zero-order valence-corrected chi connectivity index (χ0v) is 12.1. The highest BCUT2D eigenvalue weighted by atomic mass is 16.2. The first kappa shape index (κ1) is 15.2. The summed E-state index contributed by atoms with van der Waals surface area (Å²) < 4.78 is 0. The Bertz CT molecular complexity index is 276. The van der Waals surface area contributed by atoms with Gasteiger partial charge in [0, 0.05) is 19.6 Å². The highest BCUT2D eigenvalue weighted by Crippen LogP contribution is 2.39. The number of nitrogens with one attached hydrogen (secondary N) is 1. The van der Waals surface area contributed by atoms with Crippen molar-refractivity contribution in [2.45, 2.75) is 33.6 Å². The number of hydrogen-bond donors (Lipinski definition) is 1. The maximum Gasteiger partial charge on any atom is 0.234 e. The summed E-state index contributed by atoms with van der Waals surface area (Å²) in [6.07, 6.45) is 4.34. The summed E-state index contributed by atoms with van der Waals surface area (Å²) in [5.41, 5.74) is 0. The van der Waals surface area contributed by atoms with Gasteiger partial charge in [-0.15, -0.1) is 6.58 Å². The standard InChI is InChI=1S/C15H28N2O/c1-5-8-17(10-12(2)3)11-15(18)16-7-6-14-9-13(14)4/h5,12-14H,1,6-11H2,2-4H3,(H,16,18). The number of carbonyl (C=O) groups is 1. The summed E-state index contributed by atoms with van der Waals surface area (Å²) in [5, 5.41) is 3.02. The summed E-state index contributed by atoms with van der Waals surface area (Å²) in [4.78, 5) is 14.0. The monoisotopic (exact) mass is 252 g/mol. The third-order valence-corrected chi connectivity index (χ3v) is 3.49. The average Bonchev–Trinajstić information content (AvgIpc) is 2.93. The van der Waals surface area contributed by atoms with Gasteiger partial charge in [-0.05, 0) is 30.6 Å². The van der Waals surface area contributed by atoms with Crippen LogP contribution in [0.1, 0.15) is 33.6 Å². The van der Waals surface area contributed by atoms with Crippen LogP contribution in [0.2, 0.25) is 0 Å². The van der Waals surface area contributed by atoms with E-state index in [9.17, 15) is 4.79 Å². The zero-order valence-electron chi connectivity index (χ0n) is 12.1. The molecule has 3 heteroatoms. The van der Waals surface area contributed by atoms with Gasteiger partial charge >= 0.3 is 0 Å². The maximum absolute atomic E-state index is 11.8. The Morgan fingerprint density at radius 2 is 2.22 bits per heavy atom. The highest BCUT2D eigenvalue weighted by Gasteiger charge is 2.31. The van der Waals surface area contributed by atoms with Gasteiger partial charge in [-0.25, -0.2) is 0 Å². The molecule has 1 fully saturated rings. The van der Waals surface area contributed by atoms with E-state index in [0.717, 1.165) is 37.9 Å². The molecule has 0 spiro atoms. The van der Waals surface area contributed by atoms with Crippen molar-refractivity contribution in [2.75, 3.05) is 26.2 Å². The Balaban J connectivity index is 2.16. The molecule has 1 N–H and O–H groups in total. The van der Waals surface area contributed by atoms with E-state index in [4.69, 9.17) is 0 Å². The largest absolute Gasteiger partial charge is 0.355 e. The van der Waals surface area contributed by atoms with Gasteiger partial charge < -0.3 is 5.32 Å². The fraction of sp³-hybridized carbons (Fsp3) is 0.800. The van der Waals surface area contributed by atoms with Crippen LogP contribution < -0.4 is 5.32 Å². The molecule has 1 saturated carbocycles. The van der Waals surface area contributed by atoms with E-state index in [0.29, 0.717) is 12.5 Å². The predicted octanol–water partition coefficient (Wildman–Crippen LogP) is 2.29. The van der Waals surface area contributed by atoms with Crippen LogP contribution in [0.4, 0.5) is 0 Å². The Hall–Kier alpha value is -0.830. The van der Waals surface area contributed by atoms with Gasteiger partial charge in [-0.1, -0.05) is 26.8 Å². The quantitative estimate of drug-likeness (QED) is 0.639. The van der Waals surface area contributed by atoms with Crippen molar-refractivity contribution in [3.8, 4) is 0 Å². The molecule has 3 nitrogen and oxygen atoms in total. The molecular weight excluding hydrogens is 224 g/mol. The van der Waals surface area contributed by atoms with Crippen molar-refractivity contribution in [3.05, 3.63) is 12.7 Å². The van der Waals surface area contributed by atoms with Crippen LogP contribution in [0.25, 0.3) is 0 Å². The van der Waals surface area contributed by atoms with Gasteiger partial charge in [0.1, 0.15) is 0 Å². The van der Waals surface area contributed by atoms with Gasteiger partial charge in [0.05, 0.1) is 6.54 Å². The molecule has 2 atom stereocenters. The first-order valence-corrected chi connectivity index (χ1v) is 7.12. The lowest BCUT2D eigenvalue weighted by Crippen LogP contribution is -2.39. The SMILES string of the molecule is C=CCN(CC(=O)NCCC1CC1C)CC(C)C. The Morgan fingerprint density at radius 1 is 1.56 bits per heavy atom. The van der Waals surface area contributed by atoms with Crippen LogP contribution in [0, 0.1) is 17.8 Å². The lowest BCUT2D eigenvalue weighted by molar-refractivity contribution is -0.122. The molecule has 0 heterocycles. The molecule has 0 aromatic heterocycles. The van der Waals surface area contributed by atoms with Crippen LogP contribution >= 0.6 is 0 Å². The van der Waals surface area contributed by atoms with Gasteiger partial charge in [-0.3, -0.25) is 9.69 Å². The minimum absolute atomic E-state index is 0.144. The number of carbonyl (C=O) groups excluding carboxylic acids is 1. The molecule has 0 aromatic carbocycles. The van der Waals surface area contributed by atoms with E-state index in [1.54, 1.807) is 0 Å². The van der Waals surface area contributed by atoms with Crippen molar-refractivity contribution in [1.29, 1.82) is 0 Å². The molecule has 18 heavy (non-hydrogen) atoms. The van der Waals surface area contributed by atoms with Gasteiger partial charge in [0.25, 0.3) is 0 Å². The average molecular weight is 252 g/mol. The first-order chi connectivity index (χ1) is 8.52. The second-order valence-corrected chi connectivity index (χ2v) is 5.99. The minimum Gasteiger partial charge on any atom is -0.355 e. The van der Waals surface area contributed by atoms with E-state index in [1.807, 2.05) is 6.08 Å². The Kier molecular flexibility index (Phi) is 6.41. The number of rotatable bonds is 9. The lowest BCUT2D eigenvalue weighted by atomic mass is 10.2. The second-order valence-electron chi connectivity index (χ2n) is 5.99. The molecule has 1 rings (SSSR count). The molecule has 104 valence electrons. The van der Waals surface area contributed by atoms with Crippen LogP contribution in [0.15, 0.2) is 12.7 Å². The zero-order chi connectivity index (χ0) is 13.5. The van der Waals surface area contributed by atoms with Crippen molar-refractivity contribution in [2.24, 2.45) is 17.8 Å². The summed E-state index contributed by atoms with van der Waals surface area (Å²) in [6, 6.07) is 0. The van der Waals surface area contributed by atoms with Gasteiger partial charge in [-0.2, -0.15) is 0 Å². The van der Waals surface area contributed by atoms with Crippen LogP contribution in [-0.4, -0.2) is 37.0 Å². The highest BCUT2D eigenvalue weighted by molar-refractivity contribution is 5.78. The van der Waals surface area contributed by atoms with E-state index in [-0.39, 0.29) is 5.91 Å². The Morgan fingerprint density at radius 3 is 2.72 bits per heavy atom. The summed E-state index contributed by atoms with van der Waals surface area (Å²) in [5.74, 6) is 2.45. The third-order valence-electron chi connectivity index (χ3n) is 3.49. The van der Waals surface area contributed by atoms with E-state index in [2.05, 4.69) is 37.6 Å². The molecule has 0 saturated heterocycles. The third kappa shape index (κ3) is 6.20. The van der Waals surface area contributed by atoms with Crippen LogP contribution in [0.5, 0.6) is 0 Å². The maximum atomic E-state index is 11.8. The molecule has 0 radical (unpaired) electrons. The molecular formula is C15H28N2O. The van der Waals surface area contributed by atoms with Crippen molar-refractivity contribution in [3.63, 3.8) is 0 Å². The summed E-state index contributed by atoms with van der Waals surface area (Å²) >= 11 is 0. The molecule has 1 aliphatic carbocycles. The Labute approximate surface area is 112 Å². The topological polar surface area (TPSA) is 32.3 Å². The van der Waals surface area contributed by atoms with Crippen molar-refractivity contribution >= 4 is 5.91 Å². The van der Waals surface area contributed by atoms with Crippen LogP contribution in [0.3, 0.4) is 0 Å². The van der Waals surface area contributed by atoms with E-state index in [1.165, 1.54) is 6.42 Å². The van der Waals surface area contributed by atoms with Gasteiger partial charge in [0.15, 0.2) is 0 Å². The van der Waals surface area contributed by atoms with Gasteiger partial charge in [0.2, 0.25) is 5.91 Å². The minimum atomic E-state index is 0.144. The molecule has 0 bridgehead atoms. The normalized spacial score (nSPS) is 22.3. The number of nitrogens with zero attached hydrogens (tertiary/aromatic N) is 1. The predicted molar refractivity (Wildman–Crippen MR) is 76.4 cm³/mol. The van der Waals surface area contributed by atoms with E-state index < -0.39 is 0 Å². The fourth-order valence-corrected chi connectivity index (χ4v) is 2.36. The molecule has 0 aromatic rings. The fourth-order valence-electron chi connectivity index (χ4n) is 2.36.